The van der Waals surface area contributed by atoms with E-state index in [1.165, 1.54) is 72.8 Å². The molecule has 5 aromatic rings. The van der Waals surface area contributed by atoms with Gasteiger partial charge in [-0.1, -0.05) is 30.3 Å². The molecule has 0 aliphatic rings. The van der Waals surface area contributed by atoms with E-state index < -0.39 is 48.8 Å². The molecule has 16 heteroatoms. The van der Waals surface area contributed by atoms with Crippen molar-refractivity contribution < 1.29 is 51.7 Å². The smallest absolute Gasteiger partial charge is 0.416 e. The number of nitrogens with zero attached hydrogens (tertiary/aromatic N) is 4. The first-order valence-electron chi connectivity index (χ1n) is 15.1. The number of alkyl halides is 3. The van der Waals surface area contributed by atoms with E-state index in [0.717, 1.165) is 6.07 Å². The van der Waals surface area contributed by atoms with Crippen molar-refractivity contribution in [3.05, 3.63) is 119 Å². The van der Waals surface area contributed by atoms with Crippen LogP contribution in [0.3, 0.4) is 0 Å². The second-order valence-corrected chi connectivity index (χ2v) is 11.1. The summed E-state index contributed by atoms with van der Waals surface area (Å²) in [6, 6.07) is 18.4. The van der Waals surface area contributed by atoms with Gasteiger partial charge in [-0.3, -0.25) is 14.5 Å². The van der Waals surface area contributed by atoms with Gasteiger partial charge in [0.05, 0.1) is 31.2 Å². The van der Waals surface area contributed by atoms with Crippen molar-refractivity contribution in [2.45, 2.75) is 32.3 Å². The number of carboxylic acid groups (broad SMARTS) is 1. The van der Waals surface area contributed by atoms with Crippen molar-refractivity contribution in [1.29, 1.82) is 0 Å². The number of aliphatic hydroxyl groups excluding tert-OH is 1. The fraction of sp³-hybridized carbons (Fsp3) is 0.200. The maximum Gasteiger partial charge on any atom is 0.416 e. The lowest BCUT2D eigenvalue weighted by Crippen LogP contribution is -2.33. The summed E-state index contributed by atoms with van der Waals surface area (Å²) in [5.41, 5.74) is 0.479. The average Bonchev–Trinajstić information content (AvgIpc) is 3.54. The number of hydrogen-bond donors (Lipinski definition) is 3. The SMILES string of the molecule is COc1ccc(CC(=O)Nc2ccc(C(O)N(CC(=O)O)Cc3ccc(OC(=O)c4ccc(-c5nnc(C)o5)cn4)cc3)cc2)c(C(F)(F)F)c1. The second-order valence-electron chi connectivity index (χ2n) is 11.1. The van der Waals surface area contributed by atoms with Crippen LogP contribution in [0.4, 0.5) is 18.9 Å². The predicted octanol–water partition coefficient (Wildman–Crippen LogP) is 5.45. The Kier molecular flexibility index (Phi) is 11.1. The molecule has 5 rings (SSSR count). The third kappa shape index (κ3) is 9.52. The zero-order chi connectivity index (χ0) is 36.7. The summed E-state index contributed by atoms with van der Waals surface area (Å²) < 4.78 is 56.2. The van der Waals surface area contributed by atoms with Crippen molar-refractivity contribution in [3.8, 4) is 23.0 Å². The van der Waals surface area contributed by atoms with Gasteiger partial charge in [0, 0.05) is 25.4 Å². The van der Waals surface area contributed by atoms with Gasteiger partial charge in [0.1, 0.15) is 23.4 Å². The van der Waals surface area contributed by atoms with Crippen molar-refractivity contribution in [2.75, 3.05) is 19.0 Å². The zero-order valence-electron chi connectivity index (χ0n) is 27.0. The van der Waals surface area contributed by atoms with Gasteiger partial charge in [-0.2, -0.15) is 13.2 Å². The number of aromatic nitrogens is 3. The Balaban J connectivity index is 1.19. The average molecular weight is 706 g/mol. The number of rotatable bonds is 13. The van der Waals surface area contributed by atoms with E-state index in [9.17, 15) is 37.8 Å². The van der Waals surface area contributed by atoms with Crippen LogP contribution in [0.2, 0.25) is 0 Å². The van der Waals surface area contributed by atoms with Gasteiger partial charge in [0.25, 0.3) is 0 Å². The lowest BCUT2D eigenvalue weighted by molar-refractivity contribution is -0.142. The lowest BCUT2D eigenvalue weighted by Gasteiger charge is -2.27. The number of aryl methyl sites for hydroxylation is 1. The molecular weight excluding hydrogens is 675 g/mol. The molecule has 0 saturated heterocycles. The number of nitrogens with one attached hydrogen (secondary N) is 1. The lowest BCUT2D eigenvalue weighted by atomic mass is 10.0. The van der Waals surface area contributed by atoms with Crippen LogP contribution >= 0.6 is 0 Å². The number of hydrogen-bond acceptors (Lipinski definition) is 11. The number of anilines is 1. The third-order valence-electron chi connectivity index (χ3n) is 7.42. The monoisotopic (exact) mass is 705 g/mol. The summed E-state index contributed by atoms with van der Waals surface area (Å²) in [5.74, 6) is -1.78. The van der Waals surface area contributed by atoms with Crippen molar-refractivity contribution in [2.24, 2.45) is 0 Å². The van der Waals surface area contributed by atoms with Gasteiger partial charge in [-0.15, -0.1) is 10.2 Å². The Labute approximate surface area is 288 Å². The Morgan fingerprint density at radius 3 is 2.25 bits per heavy atom. The molecule has 2 heterocycles. The van der Waals surface area contributed by atoms with Crippen LogP contribution in [0.1, 0.15) is 44.9 Å². The predicted molar refractivity (Wildman–Crippen MR) is 173 cm³/mol. The minimum absolute atomic E-state index is 0.00447. The fourth-order valence-electron chi connectivity index (χ4n) is 4.94. The molecule has 2 aromatic heterocycles. The summed E-state index contributed by atoms with van der Waals surface area (Å²) in [4.78, 5) is 42.2. The van der Waals surface area contributed by atoms with Gasteiger partial charge in [0.15, 0.2) is 0 Å². The number of pyridine rings is 1. The number of aliphatic hydroxyl groups is 1. The van der Waals surface area contributed by atoms with Gasteiger partial charge in [0.2, 0.25) is 17.7 Å². The Morgan fingerprint density at radius 1 is 0.961 bits per heavy atom. The number of methoxy groups -OCH3 is 1. The van der Waals surface area contributed by atoms with Crippen LogP contribution in [-0.4, -0.2) is 61.8 Å². The maximum atomic E-state index is 13.5. The largest absolute Gasteiger partial charge is 0.497 e. The number of carbonyl (C=O) groups is 3. The highest BCUT2D eigenvalue weighted by molar-refractivity contribution is 5.92. The summed E-state index contributed by atoms with van der Waals surface area (Å²) in [7, 11) is 1.24. The quantitative estimate of drug-likeness (QED) is 0.0804. The molecule has 0 saturated carbocycles. The fourth-order valence-corrected chi connectivity index (χ4v) is 4.94. The number of carboxylic acids is 1. The third-order valence-corrected chi connectivity index (χ3v) is 7.42. The van der Waals surface area contributed by atoms with E-state index in [1.54, 1.807) is 25.1 Å². The molecule has 1 unspecified atom stereocenters. The number of benzene rings is 3. The Morgan fingerprint density at radius 2 is 1.67 bits per heavy atom. The molecule has 3 aromatic carbocycles. The summed E-state index contributed by atoms with van der Waals surface area (Å²) in [5, 5.41) is 30.8. The molecule has 1 atom stereocenters. The van der Waals surface area contributed by atoms with Crippen LogP contribution < -0.4 is 14.8 Å². The first kappa shape index (κ1) is 36.2. The highest BCUT2D eigenvalue weighted by atomic mass is 19.4. The van der Waals surface area contributed by atoms with Gasteiger partial charge < -0.3 is 29.4 Å². The van der Waals surface area contributed by atoms with E-state index in [4.69, 9.17) is 13.9 Å². The summed E-state index contributed by atoms with van der Waals surface area (Å²) >= 11 is 0. The van der Waals surface area contributed by atoms with E-state index in [1.807, 2.05) is 0 Å². The van der Waals surface area contributed by atoms with Gasteiger partial charge in [-0.25, -0.2) is 9.78 Å². The number of ether oxygens (including phenoxy) is 2. The van der Waals surface area contributed by atoms with Crippen LogP contribution in [0.5, 0.6) is 11.5 Å². The molecule has 264 valence electrons. The molecule has 0 aliphatic heterocycles. The Hall–Kier alpha value is -6.13. The van der Waals surface area contributed by atoms with Crippen LogP contribution in [0.15, 0.2) is 89.5 Å². The molecule has 0 fully saturated rings. The van der Waals surface area contributed by atoms with E-state index in [-0.39, 0.29) is 40.9 Å². The molecule has 13 nitrogen and oxygen atoms in total. The number of carbonyl (C=O) groups excluding carboxylic acids is 2. The minimum atomic E-state index is -4.69. The summed E-state index contributed by atoms with van der Waals surface area (Å²) in [6.45, 7) is 1.10. The number of amides is 1. The molecule has 0 aliphatic carbocycles. The van der Waals surface area contributed by atoms with Gasteiger partial charge >= 0.3 is 18.1 Å². The normalized spacial score (nSPS) is 12.0. The van der Waals surface area contributed by atoms with Crippen LogP contribution in [-0.2, 0) is 28.7 Å². The maximum absolute atomic E-state index is 13.5. The zero-order valence-corrected chi connectivity index (χ0v) is 27.0. The number of aliphatic carboxylic acids is 1. The molecule has 0 bridgehead atoms. The Bertz CT molecular complexity index is 2000. The van der Waals surface area contributed by atoms with Crippen LogP contribution in [0, 0.1) is 6.92 Å². The van der Waals surface area contributed by atoms with Gasteiger partial charge in [-0.05, 0) is 65.2 Å². The highest BCUT2D eigenvalue weighted by Gasteiger charge is 2.34. The standard InChI is InChI=1S/C35H30F3N5O8/c1-20-41-42-32(50-20)24-8-14-29(39-17-24)34(48)51-26-11-3-21(4-12-26)18-43(19-31(45)46)33(47)22-5-9-25(10-6-22)40-30(44)15-23-7-13-27(49-2)16-28(23)35(36,37)38/h3-14,16-17,33,47H,15,18-19H2,1-2H3,(H,40,44)(H,45,46). The molecule has 0 radical (unpaired) electrons. The van der Waals surface area contributed by atoms with E-state index in [0.29, 0.717) is 22.6 Å². The van der Waals surface area contributed by atoms with Crippen LogP contribution in [0.25, 0.3) is 11.5 Å². The first-order chi connectivity index (χ1) is 24.3. The first-order valence-corrected chi connectivity index (χ1v) is 15.1. The molecule has 1 amide bonds. The van der Waals surface area contributed by atoms with Crippen molar-refractivity contribution >= 4 is 23.5 Å². The summed E-state index contributed by atoms with van der Waals surface area (Å²) in [6.07, 6.45) is -5.23. The number of halogens is 3. The molecule has 3 N–H and O–H groups in total. The molecule has 0 spiro atoms. The van der Waals surface area contributed by atoms with Crippen molar-refractivity contribution in [1.82, 2.24) is 20.1 Å². The molecule has 51 heavy (non-hydrogen) atoms. The topological polar surface area (TPSA) is 177 Å². The molecular formula is C35H30F3N5O8. The second kappa shape index (κ2) is 15.6. The minimum Gasteiger partial charge on any atom is -0.497 e. The van der Waals surface area contributed by atoms with E-state index in [2.05, 4.69) is 20.5 Å². The number of esters is 1. The van der Waals surface area contributed by atoms with E-state index >= 15 is 0 Å². The highest BCUT2D eigenvalue weighted by Crippen LogP contribution is 2.35. The van der Waals surface area contributed by atoms with Crippen molar-refractivity contribution in [3.63, 3.8) is 0 Å².